The molecule has 1 aromatic heterocycles. The van der Waals surface area contributed by atoms with Crippen LogP contribution < -0.4 is 5.32 Å². The van der Waals surface area contributed by atoms with Crippen LogP contribution in [0.3, 0.4) is 0 Å². The van der Waals surface area contributed by atoms with E-state index in [1.807, 2.05) is 13.8 Å². The Labute approximate surface area is 159 Å². The molecule has 1 aromatic rings. The Morgan fingerprint density at radius 3 is 2.88 bits per heavy atom. The zero-order chi connectivity index (χ0) is 17.9. The molecule has 1 amide bonds. The number of ether oxygens (including phenoxy) is 1. The smallest absolute Gasteiger partial charge is 0.263 e. The number of fused-ring (bicyclic) bond motifs is 1. The Kier molecular flexibility index (Phi) is 4.14. The van der Waals surface area contributed by atoms with Gasteiger partial charge in [-0.3, -0.25) is 9.69 Å². The summed E-state index contributed by atoms with van der Waals surface area (Å²) in [5, 5.41) is 4.16. The van der Waals surface area contributed by atoms with Gasteiger partial charge in [-0.05, 0) is 39.5 Å². The molecule has 1 aliphatic carbocycles. The number of hydrogen-bond acceptors (Lipinski definition) is 5. The van der Waals surface area contributed by atoms with Crippen LogP contribution >= 0.6 is 11.3 Å². The molecule has 1 saturated carbocycles. The van der Waals surface area contributed by atoms with E-state index in [1.54, 1.807) is 0 Å². The van der Waals surface area contributed by atoms with Gasteiger partial charge in [0.15, 0.2) is 0 Å². The fourth-order valence-electron chi connectivity index (χ4n) is 6.08. The summed E-state index contributed by atoms with van der Waals surface area (Å²) in [5.41, 5.74) is 0.929. The maximum atomic E-state index is 12.6. The van der Waals surface area contributed by atoms with Crippen molar-refractivity contribution < 1.29 is 9.53 Å². The first-order valence-electron chi connectivity index (χ1n) is 10.2. The minimum Gasteiger partial charge on any atom is -0.370 e. The summed E-state index contributed by atoms with van der Waals surface area (Å²) in [6.07, 6.45) is 8.20. The van der Waals surface area contributed by atoms with Gasteiger partial charge in [-0.2, -0.15) is 0 Å². The van der Waals surface area contributed by atoms with Crippen molar-refractivity contribution in [2.75, 3.05) is 19.6 Å². The number of amides is 1. The maximum Gasteiger partial charge on any atom is 0.263 e. The second-order valence-electron chi connectivity index (χ2n) is 8.76. The molecule has 1 N–H and O–H groups in total. The van der Waals surface area contributed by atoms with E-state index in [9.17, 15) is 4.79 Å². The van der Waals surface area contributed by atoms with Crippen molar-refractivity contribution in [3.63, 3.8) is 0 Å². The summed E-state index contributed by atoms with van der Waals surface area (Å²) in [6, 6.07) is 0.774. The van der Waals surface area contributed by atoms with Crippen molar-refractivity contribution in [2.24, 2.45) is 11.8 Å². The molecule has 1 spiro atoms. The number of aryl methyl sites for hydroxylation is 2. The second kappa shape index (κ2) is 6.28. The van der Waals surface area contributed by atoms with Gasteiger partial charge >= 0.3 is 0 Å². The molecule has 4 aliphatic rings. The van der Waals surface area contributed by atoms with E-state index < -0.39 is 0 Å². The molecule has 5 rings (SSSR count). The fourth-order valence-corrected chi connectivity index (χ4v) is 6.92. The Hall–Kier alpha value is -0.980. The quantitative estimate of drug-likeness (QED) is 0.879. The minimum absolute atomic E-state index is 0.0376. The van der Waals surface area contributed by atoms with Gasteiger partial charge in [-0.15, -0.1) is 11.3 Å². The zero-order valence-electron chi connectivity index (χ0n) is 15.8. The topological polar surface area (TPSA) is 54.5 Å². The third-order valence-electron chi connectivity index (χ3n) is 7.26. The average Bonchev–Trinajstić information content (AvgIpc) is 3.39. The Morgan fingerprint density at radius 1 is 1.35 bits per heavy atom. The van der Waals surface area contributed by atoms with Crippen LogP contribution in [0.5, 0.6) is 0 Å². The largest absolute Gasteiger partial charge is 0.370 e. The van der Waals surface area contributed by atoms with Crippen molar-refractivity contribution in [3.8, 4) is 0 Å². The van der Waals surface area contributed by atoms with E-state index in [0.717, 1.165) is 41.1 Å². The minimum atomic E-state index is 0.0376. The number of aromatic nitrogens is 1. The highest BCUT2D eigenvalue weighted by atomic mass is 32.1. The third kappa shape index (κ3) is 2.64. The summed E-state index contributed by atoms with van der Waals surface area (Å²) >= 11 is 1.49. The fraction of sp³-hybridized carbons (Fsp3) is 0.800. The molecule has 5 nitrogen and oxygen atoms in total. The number of nitrogens with one attached hydrogen (secondary N) is 1. The van der Waals surface area contributed by atoms with Crippen LogP contribution in [-0.2, 0) is 4.74 Å². The Morgan fingerprint density at radius 2 is 2.15 bits per heavy atom. The molecule has 3 saturated heterocycles. The van der Waals surface area contributed by atoms with Gasteiger partial charge in [-0.1, -0.05) is 12.8 Å². The van der Waals surface area contributed by atoms with E-state index in [-0.39, 0.29) is 11.5 Å². The lowest BCUT2D eigenvalue weighted by Crippen LogP contribution is -2.41. The van der Waals surface area contributed by atoms with Crippen LogP contribution in [-0.4, -0.2) is 53.2 Å². The van der Waals surface area contributed by atoms with E-state index >= 15 is 0 Å². The van der Waals surface area contributed by atoms with Crippen LogP contribution in [0.4, 0.5) is 0 Å². The number of thiazole rings is 1. The maximum absolute atomic E-state index is 12.6. The first-order valence-corrected chi connectivity index (χ1v) is 11.0. The lowest BCUT2D eigenvalue weighted by Gasteiger charge is -2.29. The molecular formula is C20H29N3O2S. The normalized spacial score (nSPS) is 36.8. The van der Waals surface area contributed by atoms with Crippen molar-refractivity contribution in [3.05, 3.63) is 15.6 Å². The highest BCUT2D eigenvalue weighted by molar-refractivity contribution is 7.13. The van der Waals surface area contributed by atoms with Gasteiger partial charge < -0.3 is 10.1 Å². The van der Waals surface area contributed by atoms with Crippen LogP contribution in [0.25, 0.3) is 0 Å². The number of carbonyl (C=O) groups excluding carboxylic acids is 1. The summed E-state index contributed by atoms with van der Waals surface area (Å²) in [5.74, 6) is 1.09. The second-order valence-corrected chi connectivity index (χ2v) is 9.96. The average molecular weight is 376 g/mol. The van der Waals surface area contributed by atoms with Crippen molar-refractivity contribution in [2.45, 2.75) is 70.1 Å². The van der Waals surface area contributed by atoms with Gasteiger partial charge in [0.05, 0.1) is 22.4 Å². The highest BCUT2D eigenvalue weighted by Crippen LogP contribution is 2.55. The molecule has 0 aromatic carbocycles. The van der Waals surface area contributed by atoms with E-state index in [2.05, 4.69) is 15.2 Å². The van der Waals surface area contributed by atoms with Gasteiger partial charge in [-0.25, -0.2) is 4.98 Å². The predicted molar refractivity (Wildman–Crippen MR) is 102 cm³/mol. The van der Waals surface area contributed by atoms with Crippen LogP contribution in [0, 0.1) is 25.7 Å². The molecular weight excluding hydrogens is 346 g/mol. The number of nitrogens with zero attached hydrogens (tertiary/aromatic N) is 2. The summed E-state index contributed by atoms with van der Waals surface area (Å²) in [6.45, 7) is 6.91. The summed E-state index contributed by atoms with van der Waals surface area (Å²) in [7, 11) is 0. The van der Waals surface area contributed by atoms with Crippen LogP contribution in [0.2, 0.25) is 0 Å². The van der Waals surface area contributed by atoms with E-state index in [1.165, 1.54) is 50.0 Å². The molecule has 6 heteroatoms. The molecule has 2 bridgehead atoms. The van der Waals surface area contributed by atoms with Gasteiger partial charge in [0, 0.05) is 37.5 Å². The molecule has 4 fully saturated rings. The standard InChI is InChI=1S/C20H29N3O2S/c1-12-18(26-13(2)22-12)19(24)21-9-15-16-10-23(14-5-3-4-6-14)11-20(16)8-7-17(15)25-20/h14-17H,3-11H2,1-2H3,(H,21,24)/t15-,16+,17+,20+/m0/s1. The van der Waals surface area contributed by atoms with Crippen molar-refractivity contribution >= 4 is 17.2 Å². The molecule has 4 heterocycles. The monoisotopic (exact) mass is 375 g/mol. The highest BCUT2D eigenvalue weighted by Gasteiger charge is 2.63. The molecule has 4 atom stereocenters. The number of likely N-dealkylation sites (tertiary alicyclic amines) is 1. The molecule has 26 heavy (non-hydrogen) atoms. The Balaban J connectivity index is 1.26. The van der Waals surface area contributed by atoms with E-state index in [0.29, 0.717) is 17.9 Å². The van der Waals surface area contributed by atoms with Crippen molar-refractivity contribution in [1.29, 1.82) is 0 Å². The lowest BCUT2D eigenvalue weighted by atomic mass is 9.73. The first-order chi connectivity index (χ1) is 12.6. The van der Waals surface area contributed by atoms with E-state index in [4.69, 9.17) is 4.74 Å². The Bertz CT molecular complexity index is 714. The van der Waals surface area contributed by atoms with Gasteiger partial charge in [0.1, 0.15) is 4.88 Å². The van der Waals surface area contributed by atoms with Gasteiger partial charge in [0.25, 0.3) is 5.91 Å². The number of hydrogen-bond donors (Lipinski definition) is 1. The van der Waals surface area contributed by atoms with Crippen LogP contribution in [0.1, 0.15) is 58.9 Å². The van der Waals surface area contributed by atoms with Crippen LogP contribution in [0.15, 0.2) is 0 Å². The molecule has 3 aliphatic heterocycles. The molecule has 0 unspecified atom stereocenters. The zero-order valence-corrected chi connectivity index (χ0v) is 16.6. The van der Waals surface area contributed by atoms with Crippen molar-refractivity contribution in [1.82, 2.24) is 15.2 Å². The van der Waals surface area contributed by atoms with Gasteiger partial charge in [0.2, 0.25) is 0 Å². The SMILES string of the molecule is Cc1nc(C)c(C(=O)NC[C@H]2[C@H]3CN(C4CCCC4)C[C@]34CC[C@H]2O4)s1. The summed E-state index contributed by atoms with van der Waals surface area (Å²) in [4.78, 5) is 20.5. The third-order valence-corrected chi connectivity index (χ3v) is 8.33. The lowest BCUT2D eigenvalue weighted by molar-refractivity contribution is -0.000873. The summed E-state index contributed by atoms with van der Waals surface area (Å²) < 4.78 is 6.55. The molecule has 0 radical (unpaired) electrons. The predicted octanol–water partition coefficient (Wildman–Crippen LogP) is 2.91. The first kappa shape index (κ1) is 17.1. The number of rotatable bonds is 4. The molecule has 142 valence electrons. The number of carbonyl (C=O) groups is 1.